The van der Waals surface area contributed by atoms with E-state index in [0.29, 0.717) is 15.9 Å². The Hall–Kier alpha value is -2.30. The van der Waals surface area contributed by atoms with E-state index in [1.807, 2.05) is 0 Å². The van der Waals surface area contributed by atoms with Crippen LogP contribution in [0, 0.1) is 0 Å². The molecule has 3 heterocycles. The van der Waals surface area contributed by atoms with Crippen molar-refractivity contribution in [3.8, 4) is 5.06 Å². The number of urea groups is 1. The zero-order chi connectivity index (χ0) is 16.6. The van der Waals surface area contributed by atoms with Crippen LogP contribution in [0.3, 0.4) is 0 Å². The van der Waals surface area contributed by atoms with Crippen molar-refractivity contribution >= 4 is 22.5 Å². The first-order valence-electron chi connectivity index (χ1n) is 6.56. The maximum Gasteiger partial charge on any atom is 0.449 e. The monoisotopic (exact) mass is 347 g/mol. The van der Waals surface area contributed by atoms with Gasteiger partial charge in [-0.25, -0.2) is 14.8 Å². The number of anilines is 1. The van der Waals surface area contributed by atoms with Gasteiger partial charge in [0.2, 0.25) is 5.82 Å². The molecular formula is C12H12F3N5O2S. The molecule has 0 unspecified atom stereocenters. The van der Waals surface area contributed by atoms with Crippen molar-refractivity contribution in [1.82, 2.24) is 19.4 Å². The molecule has 2 amide bonds. The number of halogens is 3. The molecule has 0 saturated carbocycles. The summed E-state index contributed by atoms with van der Waals surface area (Å²) in [5.74, 6) is -0.933. The van der Waals surface area contributed by atoms with Crippen LogP contribution in [-0.4, -0.2) is 39.1 Å². The number of carbonyl (C=O) groups is 1. The number of imidazole rings is 1. The molecule has 0 spiro atoms. The molecule has 1 N–H and O–H groups in total. The van der Waals surface area contributed by atoms with E-state index in [1.54, 1.807) is 0 Å². The summed E-state index contributed by atoms with van der Waals surface area (Å²) in [5.41, 5.74) is 0.343. The summed E-state index contributed by atoms with van der Waals surface area (Å²) >= 11 is 1.16. The lowest BCUT2D eigenvalue weighted by Gasteiger charge is -2.28. The van der Waals surface area contributed by atoms with Gasteiger partial charge in [0.25, 0.3) is 0 Å². The minimum absolute atomic E-state index is 0.0405. The van der Waals surface area contributed by atoms with Crippen molar-refractivity contribution < 1.29 is 22.7 Å². The maximum absolute atomic E-state index is 12.8. The van der Waals surface area contributed by atoms with Crippen molar-refractivity contribution in [2.75, 3.05) is 19.0 Å². The maximum atomic E-state index is 12.8. The van der Waals surface area contributed by atoms with Crippen LogP contribution in [0.25, 0.3) is 0 Å². The Morgan fingerprint density at radius 2 is 2.13 bits per heavy atom. The number of fused-ring (bicyclic) bond motifs is 1. The van der Waals surface area contributed by atoms with Gasteiger partial charge >= 0.3 is 12.2 Å². The molecule has 3 rings (SSSR count). The normalized spacial score (nSPS) is 14.5. The molecule has 0 aliphatic carbocycles. The quantitative estimate of drug-likeness (QED) is 0.906. The van der Waals surface area contributed by atoms with Crippen LogP contribution in [0.5, 0.6) is 5.06 Å². The molecule has 0 radical (unpaired) electrons. The van der Waals surface area contributed by atoms with Gasteiger partial charge in [0.1, 0.15) is 0 Å². The highest BCUT2D eigenvalue weighted by atomic mass is 32.1. The molecule has 2 aromatic heterocycles. The van der Waals surface area contributed by atoms with Gasteiger partial charge in [-0.15, -0.1) is 0 Å². The highest BCUT2D eigenvalue weighted by Gasteiger charge is 2.38. The van der Waals surface area contributed by atoms with E-state index in [4.69, 9.17) is 4.74 Å². The molecule has 2 aromatic rings. The van der Waals surface area contributed by atoms with Crippen molar-refractivity contribution in [2.45, 2.75) is 19.3 Å². The Kier molecular flexibility index (Phi) is 3.88. The van der Waals surface area contributed by atoms with E-state index in [9.17, 15) is 18.0 Å². The molecule has 1 aliphatic rings. The summed E-state index contributed by atoms with van der Waals surface area (Å²) in [6.45, 7) is 0.247. The van der Waals surface area contributed by atoms with Gasteiger partial charge in [-0.2, -0.15) is 13.2 Å². The van der Waals surface area contributed by atoms with Gasteiger partial charge in [-0.05, 0) is 0 Å². The number of alkyl halides is 3. The smallest absolute Gasteiger partial charge is 0.449 e. The van der Waals surface area contributed by atoms with Gasteiger partial charge in [-0.1, -0.05) is 11.3 Å². The fourth-order valence-electron chi connectivity index (χ4n) is 2.26. The van der Waals surface area contributed by atoms with E-state index < -0.39 is 18.0 Å². The van der Waals surface area contributed by atoms with Crippen molar-refractivity contribution in [2.24, 2.45) is 0 Å². The summed E-state index contributed by atoms with van der Waals surface area (Å²) in [6.07, 6.45) is -1.88. The number of hydrogen-bond acceptors (Lipinski definition) is 5. The number of hydrogen-bond donors (Lipinski definition) is 1. The van der Waals surface area contributed by atoms with E-state index in [-0.39, 0.29) is 19.6 Å². The number of rotatable bonds is 2. The summed E-state index contributed by atoms with van der Waals surface area (Å²) in [7, 11) is 1.49. The van der Waals surface area contributed by atoms with Crippen molar-refractivity contribution in [3.05, 3.63) is 23.9 Å². The van der Waals surface area contributed by atoms with Crippen molar-refractivity contribution in [3.63, 3.8) is 0 Å². The first-order chi connectivity index (χ1) is 10.9. The fraction of sp³-hybridized carbons (Fsp3) is 0.417. The Bertz CT molecular complexity index is 727. The van der Waals surface area contributed by atoms with Gasteiger partial charge in [-0.3, -0.25) is 5.32 Å². The third-order valence-corrected chi connectivity index (χ3v) is 4.20. The van der Waals surface area contributed by atoms with Crippen LogP contribution in [0.2, 0.25) is 0 Å². The third kappa shape index (κ3) is 3.09. The largest absolute Gasteiger partial charge is 0.486 e. The minimum atomic E-state index is -4.50. The second kappa shape index (κ2) is 5.72. The topological polar surface area (TPSA) is 72.3 Å². The molecule has 0 fully saturated rings. The predicted octanol–water partition coefficient (Wildman–Crippen LogP) is 2.41. The number of aromatic nitrogens is 3. The van der Waals surface area contributed by atoms with Crippen LogP contribution in [-0.2, 0) is 19.3 Å². The Labute approximate surface area is 132 Å². The van der Waals surface area contributed by atoms with Gasteiger partial charge < -0.3 is 14.2 Å². The number of nitrogens with zero attached hydrogens (tertiary/aromatic N) is 4. The first-order valence-corrected chi connectivity index (χ1v) is 7.37. The summed E-state index contributed by atoms with van der Waals surface area (Å²) in [5, 5.41) is 3.51. The number of thiazole rings is 1. The van der Waals surface area contributed by atoms with Crippen LogP contribution in [0.4, 0.5) is 23.1 Å². The third-order valence-electron chi connectivity index (χ3n) is 3.32. The molecular weight excluding hydrogens is 335 g/mol. The summed E-state index contributed by atoms with van der Waals surface area (Å²) in [6, 6.07) is -0.428. The number of ether oxygens (including phenoxy) is 1. The fourth-order valence-corrected chi connectivity index (χ4v) is 2.89. The number of nitrogens with one attached hydrogen (secondary N) is 1. The minimum Gasteiger partial charge on any atom is -0.486 e. The molecule has 7 nitrogen and oxygen atoms in total. The molecule has 11 heteroatoms. The summed E-state index contributed by atoms with van der Waals surface area (Å²) < 4.78 is 44.4. The molecule has 0 saturated heterocycles. The standard InChI is InChI=1S/C12H12F3N5O2S/c1-22-8-5-17-10(23-8)18-11(21)19-2-3-20-7(6-19)4-16-9(20)12(13,14)15/h4-5H,2-3,6H2,1H3,(H,17,18,21). The number of carbonyl (C=O) groups excluding carboxylic acids is 1. The van der Waals surface area contributed by atoms with E-state index in [0.717, 1.165) is 22.1 Å². The van der Waals surface area contributed by atoms with Gasteiger partial charge in [0.05, 0.1) is 31.7 Å². The predicted molar refractivity (Wildman–Crippen MR) is 75.3 cm³/mol. The molecule has 124 valence electrons. The Morgan fingerprint density at radius 1 is 1.35 bits per heavy atom. The van der Waals surface area contributed by atoms with Crippen LogP contribution in [0.15, 0.2) is 12.4 Å². The van der Waals surface area contributed by atoms with E-state index >= 15 is 0 Å². The zero-order valence-electron chi connectivity index (χ0n) is 11.9. The average molecular weight is 347 g/mol. The highest BCUT2D eigenvalue weighted by molar-refractivity contribution is 7.17. The van der Waals surface area contributed by atoms with Crippen LogP contribution >= 0.6 is 11.3 Å². The van der Waals surface area contributed by atoms with E-state index in [1.165, 1.54) is 18.2 Å². The molecule has 23 heavy (non-hydrogen) atoms. The molecule has 0 bridgehead atoms. The number of methoxy groups -OCH3 is 1. The molecule has 0 atom stereocenters. The Balaban J connectivity index is 1.69. The molecule has 1 aliphatic heterocycles. The van der Waals surface area contributed by atoms with Gasteiger partial charge in [0.15, 0.2) is 10.2 Å². The van der Waals surface area contributed by atoms with Crippen LogP contribution in [0.1, 0.15) is 11.5 Å². The SMILES string of the molecule is COc1cnc(NC(=O)N2CCn3c(cnc3C(F)(F)F)C2)s1. The second-order valence-corrected chi connectivity index (χ2v) is 5.76. The van der Waals surface area contributed by atoms with Crippen molar-refractivity contribution in [1.29, 1.82) is 0 Å². The highest BCUT2D eigenvalue weighted by Crippen LogP contribution is 2.30. The lowest BCUT2D eigenvalue weighted by molar-refractivity contribution is -0.147. The number of amides is 2. The second-order valence-electron chi connectivity index (χ2n) is 4.76. The summed E-state index contributed by atoms with van der Waals surface area (Å²) in [4.78, 5) is 21.0. The zero-order valence-corrected chi connectivity index (χ0v) is 12.7. The molecule has 0 aromatic carbocycles. The average Bonchev–Trinajstić information content (AvgIpc) is 3.11. The first kappa shape index (κ1) is 15.6. The van der Waals surface area contributed by atoms with Crippen LogP contribution < -0.4 is 10.1 Å². The lowest BCUT2D eigenvalue weighted by atomic mass is 10.3. The van der Waals surface area contributed by atoms with E-state index in [2.05, 4.69) is 15.3 Å². The van der Waals surface area contributed by atoms with Gasteiger partial charge in [0, 0.05) is 13.1 Å². The lowest BCUT2D eigenvalue weighted by Crippen LogP contribution is -2.41. The Morgan fingerprint density at radius 3 is 2.78 bits per heavy atom.